The molecule has 3 aromatic rings. The molecule has 1 saturated heterocycles. The monoisotopic (exact) mass is 511 g/mol. The Hall–Kier alpha value is -3.74. The number of halogens is 5. The van der Waals surface area contributed by atoms with Crippen LogP contribution in [0.3, 0.4) is 0 Å². The number of aliphatic hydroxyl groups is 1. The summed E-state index contributed by atoms with van der Waals surface area (Å²) >= 11 is 0. The number of carbonyl (C=O) groups is 1. The van der Waals surface area contributed by atoms with Gasteiger partial charge in [-0.15, -0.1) is 0 Å². The molecule has 1 unspecified atom stereocenters. The first-order chi connectivity index (χ1) is 17.0. The summed E-state index contributed by atoms with van der Waals surface area (Å²) in [4.78, 5) is 19.8. The van der Waals surface area contributed by atoms with Crippen LogP contribution in [-0.2, 0) is 12.1 Å². The molecule has 13 heteroatoms. The SMILES string of the molecule is C[C@@H](N1CCN(c2ccc(OC(F)(F)C(F)F)cc2)C1=O)C(O)(Cn1cncn1)c1ccccc1F. The standard InChI is InChI=1S/C23H22F5N5O3/c1-15(22(35,12-31-14-29-13-30-31)18-4-2-3-5-19(18)24)32-10-11-33(21(32)34)16-6-8-17(9-7-16)36-23(27,28)20(25)26/h2-9,13-15,20,35H,10-12H2,1H3/t15-,22?/m1/s1. The molecule has 0 bridgehead atoms. The van der Waals surface area contributed by atoms with Gasteiger partial charge in [-0.3, -0.25) is 4.90 Å². The highest BCUT2D eigenvalue weighted by atomic mass is 19.3. The summed E-state index contributed by atoms with van der Waals surface area (Å²) in [6.45, 7) is 1.72. The minimum absolute atomic E-state index is 0.0271. The number of nitrogens with zero attached hydrogens (tertiary/aromatic N) is 5. The summed E-state index contributed by atoms with van der Waals surface area (Å²) in [5, 5.41) is 15.7. The second-order valence-corrected chi connectivity index (χ2v) is 8.26. The van der Waals surface area contributed by atoms with Gasteiger partial charge in [-0.05, 0) is 37.3 Å². The molecule has 4 rings (SSSR count). The van der Waals surface area contributed by atoms with Crippen molar-refractivity contribution in [3.05, 3.63) is 72.6 Å². The van der Waals surface area contributed by atoms with E-state index in [4.69, 9.17) is 0 Å². The molecule has 0 spiro atoms. The van der Waals surface area contributed by atoms with E-state index >= 15 is 0 Å². The summed E-state index contributed by atoms with van der Waals surface area (Å²) in [6, 6.07) is 8.87. The first-order valence-electron chi connectivity index (χ1n) is 10.9. The van der Waals surface area contributed by atoms with E-state index in [-0.39, 0.29) is 25.2 Å². The van der Waals surface area contributed by atoms with Crippen LogP contribution in [0.2, 0.25) is 0 Å². The third-order valence-electron chi connectivity index (χ3n) is 6.07. The van der Waals surface area contributed by atoms with Crippen LogP contribution in [0.5, 0.6) is 5.75 Å². The molecule has 0 saturated carbocycles. The van der Waals surface area contributed by atoms with Crippen LogP contribution < -0.4 is 9.64 Å². The minimum Gasteiger partial charge on any atom is -0.428 e. The number of carbonyl (C=O) groups excluding carboxylic acids is 1. The molecule has 36 heavy (non-hydrogen) atoms. The number of aromatic nitrogens is 3. The second kappa shape index (κ2) is 9.72. The Labute approximate surface area is 202 Å². The Bertz CT molecular complexity index is 1200. The maximum absolute atomic E-state index is 14.8. The summed E-state index contributed by atoms with van der Waals surface area (Å²) in [7, 11) is 0. The number of ether oxygens (including phenoxy) is 1. The molecule has 1 fully saturated rings. The third-order valence-corrected chi connectivity index (χ3v) is 6.07. The zero-order chi connectivity index (χ0) is 26.1. The van der Waals surface area contributed by atoms with Crippen molar-refractivity contribution in [1.82, 2.24) is 19.7 Å². The first kappa shape index (κ1) is 25.4. The van der Waals surface area contributed by atoms with Gasteiger partial charge in [-0.25, -0.2) is 18.9 Å². The Morgan fingerprint density at radius 3 is 2.42 bits per heavy atom. The van der Waals surface area contributed by atoms with Gasteiger partial charge in [0, 0.05) is 24.3 Å². The lowest BCUT2D eigenvalue weighted by atomic mass is 9.85. The van der Waals surface area contributed by atoms with Crippen molar-refractivity contribution in [3.63, 3.8) is 0 Å². The van der Waals surface area contributed by atoms with Crippen LogP contribution in [0, 0.1) is 5.82 Å². The van der Waals surface area contributed by atoms with Gasteiger partial charge in [0.1, 0.15) is 29.8 Å². The topological polar surface area (TPSA) is 83.7 Å². The average Bonchev–Trinajstić information content (AvgIpc) is 3.48. The van der Waals surface area contributed by atoms with E-state index in [0.717, 1.165) is 12.1 Å². The van der Waals surface area contributed by atoms with Crippen molar-refractivity contribution in [2.24, 2.45) is 0 Å². The van der Waals surface area contributed by atoms with Gasteiger partial charge in [0.2, 0.25) is 0 Å². The number of hydrogen-bond donors (Lipinski definition) is 1. The number of amides is 2. The molecule has 2 heterocycles. The maximum Gasteiger partial charge on any atom is 0.461 e. The number of urea groups is 1. The van der Waals surface area contributed by atoms with Gasteiger partial charge >= 0.3 is 18.6 Å². The van der Waals surface area contributed by atoms with Gasteiger partial charge < -0.3 is 14.7 Å². The molecule has 1 aliphatic heterocycles. The minimum atomic E-state index is -4.65. The molecule has 1 aromatic heterocycles. The van der Waals surface area contributed by atoms with E-state index in [1.165, 1.54) is 57.5 Å². The van der Waals surface area contributed by atoms with E-state index in [2.05, 4.69) is 14.8 Å². The predicted molar refractivity (Wildman–Crippen MR) is 117 cm³/mol. The van der Waals surface area contributed by atoms with E-state index in [1.807, 2.05) is 0 Å². The molecule has 2 aromatic carbocycles. The normalized spacial score (nSPS) is 16.9. The molecule has 1 N–H and O–H groups in total. The maximum atomic E-state index is 14.8. The van der Waals surface area contributed by atoms with E-state index in [1.54, 1.807) is 13.0 Å². The smallest absolute Gasteiger partial charge is 0.428 e. The van der Waals surface area contributed by atoms with E-state index < -0.39 is 41.8 Å². The molecule has 2 atom stereocenters. The van der Waals surface area contributed by atoms with Crippen molar-refractivity contribution in [2.75, 3.05) is 18.0 Å². The fourth-order valence-corrected chi connectivity index (χ4v) is 4.12. The van der Waals surface area contributed by atoms with Gasteiger partial charge in [0.15, 0.2) is 0 Å². The lowest BCUT2D eigenvalue weighted by Gasteiger charge is -2.39. The zero-order valence-electron chi connectivity index (χ0n) is 18.9. The lowest BCUT2D eigenvalue weighted by molar-refractivity contribution is -0.253. The van der Waals surface area contributed by atoms with Crippen LogP contribution in [0.4, 0.5) is 32.4 Å². The molecule has 0 aliphatic carbocycles. The Kier molecular flexibility index (Phi) is 6.85. The summed E-state index contributed by atoms with van der Waals surface area (Å²) < 4.78 is 71.2. The van der Waals surface area contributed by atoms with Crippen molar-refractivity contribution >= 4 is 11.7 Å². The molecule has 2 amide bonds. The Balaban J connectivity index is 1.56. The van der Waals surface area contributed by atoms with Crippen LogP contribution >= 0.6 is 0 Å². The fourth-order valence-electron chi connectivity index (χ4n) is 4.12. The predicted octanol–water partition coefficient (Wildman–Crippen LogP) is 3.87. The zero-order valence-corrected chi connectivity index (χ0v) is 18.9. The summed E-state index contributed by atoms with van der Waals surface area (Å²) in [6.07, 6.45) is -6.03. The molecule has 1 aliphatic rings. The molecular weight excluding hydrogens is 489 g/mol. The highest BCUT2D eigenvalue weighted by Crippen LogP contribution is 2.35. The highest BCUT2D eigenvalue weighted by molar-refractivity contribution is 5.94. The highest BCUT2D eigenvalue weighted by Gasteiger charge is 2.46. The largest absolute Gasteiger partial charge is 0.461 e. The van der Waals surface area contributed by atoms with Crippen LogP contribution in [0.25, 0.3) is 0 Å². The molecular formula is C23H22F5N5O3. The molecule has 192 valence electrons. The molecule has 0 radical (unpaired) electrons. The van der Waals surface area contributed by atoms with Crippen molar-refractivity contribution < 1.29 is 36.6 Å². The van der Waals surface area contributed by atoms with E-state index in [9.17, 15) is 31.9 Å². The first-order valence-corrected chi connectivity index (χ1v) is 10.9. The Morgan fingerprint density at radius 1 is 1.11 bits per heavy atom. The van der Waals surface area contributed by atoms with Gasteiger partial charge in [-0.2, -0.15) is 22.7 Å². The number of hydrogen-bond acceptors (Lipinski definition) is 5. The summed E-state index contributed by atoms with van der Waals surface area (Å²) in [5.41, 5.74) is -1.61. The number of anilines is 1. The van der Waals surface area contributed by atoms with Crippen LogP contribution in [0.1, 0.15) is 12.5 Å². The van der Waals surface area contributed by atoms with Crippen LogP contribution in [0.15, 0.2) is 61.2 Å². The van der Waals surface area contributed by atoms with Gasteiger partial charge in [0.05, 0.1) is 12.6 Å². The second-order valence-electron chi connectivity index (χ2n) is 8.26. The third kappa shape index (κ3) is 4.83. The van der Waals surface area contributed by atoms with Crippen LogP contribution in [-0.4, -0.2) is 62.5 Å². The van der Waals surface area contributed by atoms with E-state index in [0.29, 0.717) is 5.69 Å². The average molecular weight is 511 g/mol. The van der Waals surface area contributed by atoms with Crippen molar-refractivity contribution in [2.45, 2.75) is 37.6 Å². The van der Waals surface area contributed by atoms with Gasteiger partial charge in [0.25, 0.3) is 0 Å². The fraction of sp³-hybridized carbons (Fsp3) is 0.348. The van der Waals surface area contributed by atoms with Crippen molar-refractivity contribution in [1.29, 1.82) is 0 Å². The number of alkyl halides is 4. The Morgan fingerprint density at radius 2 is 1.81 bits per heavy atom. The van der Waals surface area contributed by atoms with Gasteiger partial charge in [-0.1, -0.05) is 18.2 Å². The molecule has 8 nitrogen and oxygen atoms in total. The van der Waals surface area contributed by atoms with Crippen molar-refractivity contribution in [3.8, 4) is 5.75 Å². The number of rotatable bonds is 9. The quantitative estimate of drug-likeness (QED) is 0.441. The number of benzene rings is 2. The lowest BCUT2D eigenvalue weighted by Crippen LogP contribution is -2.53. The summed E-state index contributed by atoms with van der Waals surface area (Å²) in [5.74, 6) is -1.16.